The number of unbranched alkanes of at least 4 members (excludes halogenated alkanes) is 4. The summed E-state index contributed by atoms with van der Waals surface area (Å²) in [5.41, 5.74) is 1.29. The van der Waals surface area contributed by atoms with Gasteiger partial charge in [-0.25, -0.2) is 0 Å². The maximum atomic E-state index is 6.05. The molecule has 9 atom stereocenters. The minimum atomic E-state index is 0.609. The van der Waals surface area contributed by atoms with E-state index in [1.54, 1.807) is 19.3 Å². The van der Waals surface area contributed by atoms with Crippen molar-refractivity contribution < 1.29 is 4.74 Å². The Labute approximate surface area is 249 Å². The Bertz CT molecular complexity index is 761. The van der Waals surface area contributed by atoms with E-state index in [-0.39, 0.29) is 0 Å². The third-order valence-corrected chi connectivity index (χ3v) is 13.8. The summed E-state index contributed by atoms with van der Waals surface area (Å²) in [5, 5.41) is 0.860. The number of thiocarbonyl (C=S) groups is 1. The van der Waals surface area contributed by atoms with Crippen LogP contribution in [0.2, 0.25) is 0 Å². The van der Waals surface area contributed by atoms with Gasteiger partial charge in [0.05, 0.1) is 6.61 Å². The predicted molar refractivity (Wildman–Crippen MR) is 173 cm³/mol. The lowest BCUT2D eigenvalue weighted by atomic mass is 9.44. The first-order chi connectivity index (χ1) is 18.7. The van der Waals surface area contributed by atoms with Crippen molar-refractivity contribution in [2.75, 3.05) is 6.61 Å². The van der Waals surface area contributed by atoms with Crippen LogP contribution in [0.25, 0.3) is 0 Å². The van der Waals surface area contributed by atoms with Gasteiger partial charge >= 0.3 is 0 Å². The molecule has 0 amide bonds. The standard InChI is InChI=1S/C37H66OS/c1-7-8-9-10-11-15-35(39)38-26-23-29(27(2)3)17-16-28(4)32-20-21-33-31-19-18-30-14-12-13-24-36(30,5)34(31)22-25-37(32,33)6/h27-34H,7-26H2,1-6H3/t28-,29+,30?,31+,32-,33+,34+,36+,37-/m1/s1. The van der Waals surface area contributed by atoms with Gasteiger partial charge in [0.2, 0.25) is 0 Å². The van der Waals surface area contributed by atoms with Gasteiger partial charge < -0.3 is 4.74 Å². The second-order valence-electron chi connectivity index (χ2n) is 15.9. The van der Waals surface area contributed by atoms with Gasteiger partial charge in [-0.2, -0.15) is 0 Å². The monoisotopic (exact) mass is 558 g/mol. The Kier molecular flexibility index (Phi) is 11.7. The molecule has 1 nitrogen and oxygen atoms in total. The molecule has 4 saturated carbocycles. The Hall–Kier alpha value is -0.110. The van der Waals surface area contributed by atoms with Crippen LogP contribution in [0.4, 0.5) is 0 Å². The summed E-state index contributed by atoms with van der Waals surface area (Å²) in [6, 6.07) is 0. The van der Waals surface area contributed by atoms with Crippen molar-refractivity contribution >= 4 is 17.3 Å². The van der Waals surface area contributed by atoms with Crippen LogP contribution in [0, 0.1) is 58.2 Å². The maximum absolute atomic E-state index is 6.05. The number of hydrogen-bond acceptors (Lipinski definition) is 2. The molecule has 4 aliphatic carbocycles. The van der Waals surface area contributed by atoms with Crippen molar-refractivity contribution in [2.45, 2.75) is 164 Å². The van der Waals surface area contributed by atoms with E-state index in [1.165, 1.54) is 96.3 Å². The van der Waals surface area contributed by atoms with Crippen LogP contribution in [0.5, 0.6) is 0 Å². The summed E-state index contributed by atoms with van der Waals surface area (Å²) in [6.07, 6.45) is 26.7. The van der Waals surface area contributed by atoms with Crippen LogP contribution in [0.1, 0.15) is 164 Å². The van der Waals surface area contributed by atoms with Gasteiger partial charge in [0.1, 0.15) is 0 Å². The van der Waals surface area contributed by atoms with Crippen LogP contribution >= 0.6 is 12.2 Å². The molecular weight excluding hydrogens is 492 g/mol. The lowest BCUT2D eigenvalue weighted by Crippen LogP contribution is -2.53. The second kappa shape index (κ2) is 14.4. The van der Waals surface area contributed by atoms with Gasteiger partial charge in [-0.1, -0.05) is 86.5 Å². The fourth-order valence-corrected chi connectivity index (χ4v) is 11.3. The molecule has 4 aliphatic rings. The largest absolute Gasteiger partial charge is 0.487 e. The molecule has 4 fully saturated rings. The van der Waals surface area contributed by atoms with Crippen molar-refractivity contribution in [2.24, 2.45) is 58.2 Å². The van der Waals surface area contributed by atoms with Crippen LogP contribution in [0.3, 0.4) is 0 Å². The fourth-order valence-electron chi connectivity index (χ4n) is 11.0. The average molecular weight is 559 g/mol. The average Bonchev–Trinajstić information content (AvgIpc) is 3.27. The van der Waals surface area contributed by atoms with Gasteiger partial charge in [0.25, 0.3) is 0 Å². The number of ether oxygens (including phenoxy) is 1. The first-order valence-electron chi connectivity index (χ1n) is 17.9. The van der Waals surface area contributed by atoms with Crippen molar-refractivity contribution in [1.82, 2.24) is 0 Å². The lowest BCUT2D eigenvalue weighted by Gasteiger charge is -2.61. The zero-order valence-electron chi connectivity index (χ0n) is 27.1. The van der Waals surface area contributed by atoms with Crippen LogP contribution < -0.4 is 0 Å². The predicted octanol–water partition coefficient (Wildman–Crippen LogP) is 11.8. The number of hydrogen-bond donors (Lipinski definition) is 0. The van der Waals surface area contributed by atoms with E-state index in [9.17, 15) is 0 Å². The molecule has 1 unspecified atom stereocenters. The van der Waals surface area contributed by atoms with E-state index in [4.69, 9.17) is 17.0 Å². The van der Waals surface area contributed by atoms with E-state index < -0.39 is 0 Å². The highest BCUT2D eigenvalue weighted by Crippen LogP contribution is 2.68. The lowest BCUT2D eigenvalue weighted by molar-refractivity contribution is -0.114. The van der Waals surface area contributed by atoms with Crippen LogP contribution in [-0.4, -0.2) is 11.7 Å². The van der Waals surface area contributed by atoms with E-state index in [0.717, 1.165) is 65.4 Å². The molecule has 0 N–H and O–H groups in total. The zero-order valence-corrected chi connectivity index (χ0v) is 27.9. The highest BCUT2D eigenvalue weighted by atomic mass is 32.1. The molecule has 0 spiro atoms. The SMILES string of the molecule is CCCCCCCC(=S)OCC[C@H](CC[C@@H](C)[C@H]1CC[C@H]2[C@@H]3CCC4CCCC[C@]4(C)[C@H]3CC[C@]12C)C(C)C. The van der Waals surface area contributed by atoms with Crippen molar-refractivity contribution in [3.8, 4) is 0 Å². The zero-order chi connectivity index (χ0) is 28.0. The van der Waals surface area contributed by atoms with E-state index in [2.05, 4.69) is 41.5 Å². The van der Waals surface area contributed by atoms with Crippen LogP contribution in [-0.2, 0) is 4.74 Å². The Balaban J connectivity index is 1.24. The molecule has 2 heteroatoms. The maximum Gasteiger partial charge on any atom is 0.159 e. The Morgan fingerprint density at radius 1 is 0.795 bits per heavy atom. The highest BCUT2D eigenvalue weighted by Gasteiger charge is 2.60. The third kappa shape index (κ3) is 7.28. The minimum Gasteiger partial charge on any atom is -0.487 e. The molecule has 0 bridgehead atoms. The molecule has 0 saturated heterocycles. The smallest absolute Gasteiger partial charge is 0.159 e. The minimum absolute atomic E-state index is 0.609. The molecule has 4 rings (SSSR count). The van der Waals surface area contributed by atoms with E-state index in [0.29, 0.717) is 10.8 Å². The first kappa shape index (κ1) is 31.8. The molecule has 0 heterocycles. The molecule has 39 heavy (non-hydrogen) atoms. The first-order valence-corrected chi connectivity index (χ1v) is 18.3. The van der Waals surface area contributed by atoms with Gasteiger partial charge in [0, 0.05) is 6.42 Å². The molecule has 0 aromatic carbocycles. The summed E-state index contributed by atoms with van der Waals surface area (Å²) >= 11 is 5.55. The van der Waals surface area contributed by atoms with Gasteiger partial charge in [0.15, 0.2) is 5.05 Å². The van der Waals surface area contributed by atoms with Gasteiger partial charge in [-0.15, -0.1) is 0 Å². The molecule has 0 aromatic rings. The van der Waals surface area contributed by atoms with Crippen molar-refractivity contribution in [1.29, 1.82) is 0 Å². The fraction of sp³-hybridized carbons (Fsp3) is 0.973. The number of fused-ring (bicyclic) bond motifs is 5. The molecule has 0 aliphatic heterocycles. The van der Waals surface area contributed by atoms with Gasteiger partial charge in [-0.05, 0) is 141 Å². The summed E-state index contributed by atoms with van der Waals surface area (Å²) < 4.78 is 6.05. The molecular formula is C37H66OS. The Morgan fingerprint density at radius 3 is 2.33 bits per heavy atom. The summed E-state index contributed by atoms with van der Waals surface area (Å²) in [7, 11) is 0. The Morgan fingerprint density at radius 2 is 1.56 bits per heavy atom. The number of rotatable bonds is 14. The second-order valence-corrected chi connectivity index (χ2v) is 16.3. The highest BCUT2D eigenvalue weighted by molar-refractivity contribution is 7.80. The normalized spacial score (nSPS) is 37.6. The van der Waals surface area contributed by atoms with Gasteiger partial charge in [-0.3, -0.25) is 0 Å². The topological polar surface area (TPSA) is 9.23 Å². The third-order valence-electron chi connectivity index (χ3n) is 13.5. The summed E-state index contributed by atoms with van der Waals surface area (Å²) in [5.74, 6) is 7.45. The van der Waals surface area contributed by atoms with E-state index in [1.807, 2.05) is 0 Å². The molecule has 226 valence electrons. The van der Waals surface area contributed by atoms with Crippen LogP contribution in [0.15, 0.2) is 0 Å². The molecule has 0 radical (unpaired) electrons. The summed E-state index contributed by atoms with van der Waals surface area (Å²) in [4.78, 5) is 0. The summed E-state index contributed by atoms with van der Waals surface area (Å²) in [6.45, 7) is 16.1. The van der Waals surface area contributed by atoms with Crippen molar-refractivity contribution in [3.63, 3.8) is 0 Å². The quantitative estimate of drug-likeness (QED) is 0.155. The van der Waals surface area contributed by atoms with E-state index >= 15 is 0 Å². The van der Waals surface area contributed by atoms with Crippen molar-refractivity contribution in [3.05, 3.63) is 0 Å². The molecule has 0 aromatic heterocycles.